The molecule has 1 fully saturated rings. The first-order valence-corrected chi connectivity index (χ1v) is 5.63. The molecule has 0 spiro atoms. The molecule has 13 heavy (non-hydrogen) atoms. The molecule has 0 amide bonds. The third kappa shape index (κ3) is 1.75. The van der Waals surface area contributed by atoms with Gasteiger partial charge in [0, 0.05) is 23.2 Å². The van der Waals surface area contributed by atoms with E-state index in [1.165, 1.54) is 11.4 Å². The first-order valence-electron chi connectivity index (χ1n) is 4.47. The Hall–Kier alpha value is -0.830. The van der Waals surface area contributed by atoms with E-state index in [9.17, 15) is 0 Å². The van der Waals surface area contributed by atoms with Crippen LogP contribution in [0.5, 0.6) is 0 Å². The zero-order valence-corrected chi connectivity index (χ0v) is 8.55. The van der Waals surface area contributed by atoms with Crippen molar-refractivity contribution in [1.82, 2.24) is 0 Å². The van der Waals surface area contributed by atoms with E-state index in [1.807, 2.05) is 23.9 Å². The molecular formula is C10H14N2S. The molecule has 0 aliphatic carbocycles. The molecule has 0 saturated carbocycles. The van der Waals surface area contributed by atoms with Crippen LogP contribution in [0.15, 0.2) is 24.3 Å². The summed E-state index contributed by atoms with van der Waals surface area (Å²) in [5.41, 5.74) is 7.76. The lowest BCUT2D eigenvalue weighted by Gasteiger charge is -2.22. The van der Waals surface area contributed by atoms with E-state index in [1.54, 1.807) is 0 Å². The third-order valence-corrected chi connectivity index (χ3v) is 3.53. The molecule has 1 heterocycles. The summed E-state index contributed by atoms with van der Waals surface area (Å²) in [5.74, 6) is 2.33. The minimum absolute atomic E-state index is 0.647. The molecule has 0 aromatic heterocycles. The fourth-order valence-corrected chi connectivity index (χ4v) is 2.76. The number of nitrogens with zero attached hydrogens (tertiary/aromatic N) is 1. The predicted molar refractivity (Wildman–Crippen MR) is 60.1 cm³/mol. The number of benzene rings is 1. The van der Waals surface area contributed by atoms with Crippen molar-refractivity contribution in [2.45, 2.75) is 13.0 Å². The Labute approximate surface area is 83.1 Å². The van der Waals surface area contributed by atoms with Gasteiger partial charge in [-0.05, 0) is 31.2 Å². The molecule has 0 bridgehead atoms. The lowest BCUT2D eigenvalue weighted by atomic mass is 10.2. The van der Waals surface area contributed by atoms with Crippen molar-refractivity contribution in [3.8, 4) is 0 Å². The first-order chi connectivity index (χ1) is 6.27. The molecule has 3 heteroatoms. The monoisotopic (exact) mass is 194 g/mol. The molecule has 1 aromatic carbocycles. The Balaban J connectivity index is 2.20. The van der Waals surface area contributed by atoms with Gasteiger partial charge >= 0.3 is 0 Å². The molecule has 1 aliphatic rings. The quantitative estimate of drug-likeness (QED) is 0.695. The number of thioether (sulfide) groups is 1. The van der Waals surface area contributed by atoms with Crippen LogP contribution >= 0.6 is 11.8 Å². The van der Waals surface area contributed by atoms with Gasteiger partial charge < -0.3 is 10.6 Å². The summed E-state index contributed by atoms with van der Waals surface area (Å²) in [6.07, 6.45) is 0. The Morgan fingerprint density at radius 2 is 2.08 bits per heavy atom. The van der Waals surface area contributed by atoms with Crippen molar-refractivity contribution in [2.24, 2.45) is 0 Å². The van der Waals surface area contributed by atoms with Gasteiger partial charge in [0.1, 0.15) is 0 Å². The zero-order valence-electron chi connectivity index (χ0n) is 7.73. The topological polar surface area (TPSA) is 29.3 Å². The van der Waals surface area contributed by atoms with Crippen LogP contribution in [0.2, 0.25) is 0 Å². The van der Waals surface area contributed by atoms with Crippen LogP contribution in [-0.2, 0) is 0 Å². The Morgan fingerprint density at radius 1 is 1.38 bits per heavy atom. The maximum Gasteiger partial charge on any atom is 0.0643 e. The number of nitrogen functional groups attached to an aromatic ring is 1. The second kappa shape index (κ2) is 3.50. The molecule has 1 atom stereocenters. The highest BCUT2D eigenvalue weighted by Gasteiger charge is 2.20. The smallest absolute Gasteiger partial charge is 0.0643 e. The van der Waals surface area contributed by atoms with Gasteiger partial charge in [-0.15, -0.1) is 11.8 Å². The van der Waals surface area contributed by atoms with E-state index < -0.39 is 0 Å². The van der Waals surface area contributed by atoms with Crippen LogP contribution in [0.1, 0.15) is 6.92 Å². The van der Waals surface area contributed by atoms with E-state index in [0.29, 0.717) is 6.04 Å². The van der Waals surface area contributed by atoms with Gasteiger partial charge in [-0.2, -0.15) is 0 Å². The standard InChI is InChI=1S/C10H14N2S/c1-8-6-13-7-12(8)10-4-2-9(11)3-5-10/h2-5,8H,6-7,11H2,1H3. The van der Waals surface area contributed by atoms with Gasteiger partial charge in [0.2, 0.25) is 0 Å². The normalized spacial score (nSPS) is 22.2. The van der Waals surface area contributed by atoms with Crippen LogP contribution in [0, 0.1) is 0 Å². The molecule has 1 aliphatic heterocycles. The number of rotatable bonds is 1. The Kier molecular flexibility index (Phi) is 2.36. The van der Waals surface area contributed by atoms with Crippen molar-refractivity contribution < 1.29 is 0 Å². The predicted octanol–water partition coefficient (Wildman–Crippen LogP) is 2.17. The van der Waals surface area contributed by atoms with E-state index in [4.69, 9.17) is 5.73 Å². The van der Waals surface area contributed by atoms with Crippen LogP contribution in [0.25, 0.3) is 0 Å². The largest absolute Gasteiger partial charge is 0.399 e. The van der Waals surface area contributed by atoms with E-state index in [2.05, 4.69) is 24.0 Å². The second-order valence-corrected chi connectivity index (χ2v) is 4.41. The zero-order chi connectivity index (χ0) is 9.26. The Morgan fingerprint density at radius 3 is 2.62 bits per heavy atom. The van der Waals surface area contributed by atoms with Crippen molar-refractivity contribution in [3.05, 3.63) is 24.3 Å². The SMILES string of the molecule is CC1CSCN1c1ccc(N)cc1. The fourth-order valence-electron chi connectivity index (χ4n) is 1.53. The minimum Gasteiger partial charge on any atom is -0.399 e. The van der Waals surface area contributed by atoms with Gasteiger partial charge in [-0.3, -0.25) is 0 Å². The average Bonchev–Trinajstić information content (AvgIpc) is 2.53. The maximum atomic E-state index is 5.64. The summed E-state index contributed by atoms with van der Waals surface area (Å²) in [6.45, 7) is 2.26. The molecule has 70 valence electrons. The summed E-state index contributed by atoms with van der Waals surface area (Å²) in [6, 6.07) is 8.76. The number of anilines is 2. The summed E-state index contributed by atoms with van der Waals surface area (Å²) >= 11 is 1.98. The second-order valence-electron chi connectivity index (χ2n) is 3.41. The molecule has 0 radical (unpaired) electrons. The minimum atomic E-state index is 0.647. The summed E-state index contributed by atoms with van der Waals surface area (Å²) in [7, 11) is 0. The van der Waals surface area contributed by atoms with Gasteiger partial charge in [0.25, 0.3) is 0 Å². The van der Waals surface area contributed by atoms with Gasteiger partial charge in [-0.1, -0.05) is 0 Å². The highest BCUT2D eigenvalue weighted by atomic mass is 32.2. The van der Waals surface area contributed by atoms with Crippen LogP contribution in [0.3, 0.4) is 0 Å². The summed E-state index contributed by atoms with van der Waals surface area (Å²) < 4.78 is 0. The highest BCUT2D eigenvalue weighted by Crippen LogP contribution is 2.27. The van der Waals surface area contributed by atoms with Crippen molar-refractivity contribution >= 4 is 23.1 Å². The fraction of sp³-hybridized carbons (Fsp3) is 0.400. The number of hydrogen-bond acceptors (Lipinski definition) is 3. The van der Waals surface area contributed by atoms with Crippen molar-refractivity contribution in [2.75, 3.05) is 22.3 Å². The van der Waals surface area contributed by atoms with Crippen molar-refractivity contribution in [3.63, 3.8) is 0 Å². The molecular weight excluding hydrogens is 180 g/mol. The van der Waals surface area contributed by atoms with E-state index >= 15 is 0 Å². The van der Waals surface area contributed by atoms with Crippen LogP contribution in [-0.4, -0.2) is 17.7 Å². The van der Waals surface area contributed by atoms with Gasteiger partial charge in [0.05, 0.1) is 5.88 Å². The maximum absolute atomic E-state index is 5.64. The number of hydrogen-bond donors (Lipinski definition) is 1. The van der Waals surface area contributed by atoms with Crippen molar-refractivity contribution in [1.29, 1.82) is 0 Å². The Bertz CT molecular complexity index is 283. The molecule has 2 N–H and O–H groups in total. The lowest BCUT2D eigenvalue weighted by molar-refractivity contribution is 0.782. The number of nitrogens with two attached hydrogens (primary N) is 1. The summed E-state index contributed by atoms with van der Waals surface area (Å²) in [4.78, 5) is 2.41. The summed E-state index contributed by atoms with van der Waals surface area (Å²) in [5, 5.41) is 0. The lowest BCUT2D eigenvalue weighted by Crippen LogP contribution is -2.27. The van der Waals surface area contributed by atoms with Crippen LogP contribution in [0.4, 0.5) is 11.4 Å². The first kappa shape index (κ1) is 8.75. The molecule has 1 unspecified atom stereocenters. The molecule has 2 rings (SSSR count). The van der Waals surface area contributed by atoms with E-state index in [-0.39, 0.29) is 0 Å². The van der Waals surface area contributed by atoms with Gasteiger partial charge in [0.15, 0.2) is 0 Å². The molecule has 2 nitrogen and oxygen atoms in total. The molecule has 1 aromatic rings. The molecule has 1 saturated heterocycles. The van der Waals surface area contributed by atoms with E-state index in [0.717, 1.165) is 11.6 Å². The average molecular weight is 194 g/mol. The van der Waals surface area contributed by atoms with Crippen LogP contribution < -0.4 is 10.6 Å². The highest BCUT2D eigenvalue weighted by molar-refractivity contribution is 7.99. The van der Waals surface area contributed by atoms with Gasteiger partial charge in [-0.25, -0.2) is 0 Å². The third-order valence-electron chi connectivity index (χ3n) is 2.35.